The van der Waals surface area contributed by atoms with E-state index < -0.39 is 0 Å². The average Bonchev–Trinajstić information content (AvgIpc) is 3.17. The van der Waals surface area contributed by atoms with Crippen LogP contribution in [0.2, 0.25) is 0 Å². The molecule has 0 fully saturated rings. The molecule has 4 heteroatoms. The third-order valence-corrected chi connectivity index (χ3v) is 6.41. The fraction of sp³-hybridized carbons (Fsp3) is 0.429. The fourth-order valence-electron chi connectivity index (χ4n) is 4.55. The molecule has 0 atom stereocenters. The summed E-state index contributed by atoms with van der Waals surface area (Å²) in [6, 6.07) is 13.0. The van der Waals surface area contributed by atoms with Gasteiger partial charge in [-0.15, -0.1) is 8.86 Å². The van der Waals surface area contributed by atoms with Crippen molar-refractivity contribution in [3.8, 4) is 11.4 Å². The van der Waals surface area contributed by atoms with E-state index in [0.717, 1.165) is 11.4 Å². The third kappa shape index (κ3) is 4.47. The van der Waals surface area contributed by atoms with Gasteiger partial charge in [0.05, 0.1) is 0 Å². The number of hydrogen-bond donors (Lipinski definition) is 0. The van der Waals surface area contributed by atoms with Crippen molar-refractivity contribution in [2.45, 2.75) is 79.1 Å². The van der Waals surface area contributed by atoms with Crippen LogP contribution in [0.3, 0.4) is 0 Å². The van der Waals surface area contributed by atoms with E-state index >= 15 is 0 Å². The topological polar surface area (TPSA) is 31.9 Å². The molecule has 0 aliphatic heterocycles. The van der Waals surface area contributed by atoms with Gasteiger partial charge in [0.2, 0.25) is 0 Å². The normalized spacial score (nSPS) is 11.9. The highest BCUT2D eigenvalue weighted by molar-refractivity contribution is 7.20. The molecule has 0 amide bonds. The molecule has 0 bridgehead atoms. The molecule has 3 nitrogen and oxygen atoms in total. The summed E-state index contributed by atoms with van der Waals surface area (Å²) in [6.07, 6.45) is 4.09. The first-order valence-electron chi connectivity index (χ1n) is 11.7. The van der Waals surface area contributed by atoms with E-state index in [1.165, 1.54) is 22.3 Å². The van der Waals surface area contributed by atoms with Crippen LogP contribution in [0.5, 0.6) is 0 Å². The van der Waals surface area contributed by atoms with E-state index in [0.29, 0.717) is 29.5 Å². The smallest absolute Gasteiger partial charge is 0.282 e. The lowest BCUT2D eigenvalue weighted by molar-refractivity contribution is -0.600. The van der Waals surface area contributed by atoms with Crippen LogP contribution in [0, 0.1) is 0 Å². The van der Waals surface area contributed by atoms with Gasteiger partial charge in [0.1, 0.15) is 23.8 Å². The molecule has 1 aromatic heterocycles. The van der Waals surface area contributed by atoms with E-state index in [9.17, 15) is 5.11 Å². The van der Waals surface area contributed by atoms with Gasteiger partial charge in [-0.05, 0) is 29.2 Å². The van der Waals surface area contributed by atoms with Crippen LogP contribution in [0.15, 0.2) is 48.8 Å². The third-order valence-electron chi connectivity index (χ3n) is 6.19. The molecule has 0 saturated heterocycles. The summed E-state index contributed by atoms with van der Waals surface area (Å²) in [5, 5.41) is 13.1. The molecule has 32 heavy (non-hydrogen) atoms. The summed E-state index contributed by atoms with van der Waals surface area (Å²) in [6.45, 7) is 17.7. The lowest BCUT2D eigenvalue weighted by Crippen LogP contribution is -2.42. The molecular weight excluding hydrogens is 411 g/mol. The van der Waals surface area contributed by atoms with Gasteiger partial charge < -0.3 is 5.11 Å². The predicted molar refractivity (Wildman–Crippen MR) is 136 cm³/mol. The van der Waals surface area contributed by atoms with Gasteiger partial charge in [-0.3, -0.25) is 0 Å². The van der Waals surface area contributed by atoms with Crippen molar-refractivity contribution in [3.63, 3.8) is 0 Å². The highest BCUT2D eigenvalue weighted by Gasteiger charge is 2.28. The number of para-hydroxylation sites is 2. The second-order valence-corrected chi connectivity index (χ2v) is 10.3. The molecule has 0 unspecified atom stereocenters. The van der Waals surface area contributed by atoms with E-state index in [2.05, 4.69) is 110 Å². The van der Waals surface area contributed by atoms with E-state index in [1.54, 1.807) is 0 Å². The highest BCUT2D eigenvalue weighted by atomic mass is 31.0. The van der Waals surface area contributed by atoms with Gasteiger partial charge in [0, 0.05) is 22.3 Å². The molecule has 0 aliphatic carbocycles. The van der Waals surface area contributed by atoms with Crippen molar-refractivity contribution in [2.24, 2.45) is 0 Å². The van der Waals surface area contributed by atoms with Crippen LogP contribution >= 0.6 is 8.86 Å². The fourth-order valence-corrected chi connectivity index (χ4v) is 4.79. The Morgan fingerprint density at radius 1 is 0.750 bits per heavy atom. The molecule has 0 saturated carbocycles. The number of aromatic nitrogens is 2. The molecule has 0 radical (unpaired) electrons. The summed E-state index contributed by atoms with van der Waals surface area (Å²) >= 11 is 0. The molecule has 1 heterocycles. The SMILES string of the molecule is CC(C)c1cccc(C(C)C)c1-n1cc[n+](-c2c(C(C)C)cccc2C(C)C)c1C([O-])=P. The maximum Gasteiger partial charge on any atom is 0.282 e. The summed E-state index contributed by atoms with van der Waals surface area (Å²) < 4.78 is 4.17. The maximum atomic E-state index is 13.1. The molecule has 3 rings (SSSR count). The Hall–Kier alpha value is -2.22. The van der Waals surface area contributed by atoms with Crippen molar-refractivity contribution >= 4 is 14.3 Å². The van der Waals surface area contributed by atoms with Gasteiger partial charge in [0.15, 0.2) is 0 Å². The van der Waals surface area contributed by atoms with Crippen LogP contribution in [-0.4, -0.2) is 10.0 Å². The van der Waals surface area contributed by atoms with Crippen molar-refractivity contribution in [1.82, 2.24) is 4.57 Å². The van der Waals surface area contributed by atoms with E-state index in [-0.39, 0.29) is 5.48 Å². The molecule has 3 aromatic rings. The Morgan fingerprint density at radius 2 is 1.16 bits per heavy atom. The second kappa shape index (κ2) is 9.73. The van der Waals surface area contributed by atoms with Crippen LogP contribution in [-0.2, 0) is 0 Å². The first-order valence-corrected chi connectivity index (χ1v) is 12.2. The number of nitrogens with zero attached hydrogens (tertiary/aromatic N) is 2. The zero-order chi connectivity index (χ0) is 23.7. The quantitative estimate of drug-likeness (QED) is 0.311. The summed E-state index contributed by atoms with van der Waals surface area (Å²) in [5.41, 5.74) is 7.08. The van der Waals surface area contributed by atoms with E-state index in [4.69, 9.17) is 0 Å². The Labute approximate surface area is 196 Å². The number of imidazole rings is 1. The van der Waals surface area contributed by atoms with Crippen LogP contribution in [0.1, 0.15) is 107 Å². The predicted octanol–water partition coefficient (Wildman–Crippen LogP) is 6.23. The molecular formula is C28H37N2OP. The minimum absolute atomic E-state index is 0.128. The van der Waals surface area contributed by atoms with Crippen LogP contribution < -0.4 is 9.67 Å². The highest BCUT2D eigenvalue weighted by Crippen LogP contribution is 2.33. The second-order valence-electron chi connectivity index (χ2n) is 9.88. The Kier molecular flexibility index (Phi) is 7.43. The van der Waals surface area contributed by atoms with Crippen LogP contribution in [0.25, 0.3) is 11.4 Å². The molecule has 0 aliphatic rings. The molecule has 170 valence electrons. The Balaban J connectivity index is 2.43. The van der Waals surface area contributed by atoms with Crippen molar-refractivity contribution < 1.29 is 9.67 Å². The van der Waals surface area contributed by atoms with Gasteiger partial charge in [0.25, 0.3) is 5.82 Å². The average molecular weight is 449 g/mol. The van der Waals surface area contributed by atoms with E-state index in [1.807, 2.05) is 12.4 Å². The Bertz CT molecular complexity index is 989. The van der Waals surface area contributed by atoms with Gasteiger partial charge in [-0.25, -0.2) is 0 Å². The maximum absolute atomic E-state index is 13.1. The number of rotatable bonds is 7. The molecule has 0 spiro atoms. The summed E-state index contributed by atoms with van der Waals surface area (Å²) in [4.78, 5) is 0. The standard InChI is InChI=1S/C28H37N2OP/c1-17(2)21-11-9-12-22(18(3)4)25(21)29-15-16-30(27(29)28(31)32)26-23(19(5)6)13-10-14-24(26)20(7)8/h9-20,32H,1-8H3. The van der Waals surface area contributed by atoms with Crippen LogP contribution in [0.4, 0.5) is 0 Å². The number of hydrogen-bond acceptors (Lipinski definition) is 1. The lowest BCUT2D eigenvalue weighted by atomic mass is 9.92. The minimum atomic E-state index is -0.128. The van der Waals surface area contributed by atoms with Gasteiger partial charge in [-0.2, -0.15) is 9.13 Å². The summed E-state index contributed by atoms with van der Waals surface area (Å²) in [5.74, 6) is 1.97. The number of benzene rings is 2. The first-order chi connectivity index (χ1) is 15.1. The zero-order valence-electron chi connectivity index (χ0n) is 20.7. The Morgan fingerprint density at radius 3 is 1.53 bits per heavy atom. The monoisotopic (exact) mass is 448 g/mol. The zero-order valence-corrected chi connectivity index (χ0v) is 21.7. The lowest BCUT2D eigenvalue weighted by Gasteiger charge is -2.21. The summed E-state index contributed by atoms with van der Waals surface area (Å²) in [7, 11) is 3.38. The minimum Gasteiger partial charge on any atom is -0.818 e. The van der Waals surface area contributed by atoms with Crippen molar-refractivity contribution in [2.75, 3.05) is 0 Å². The van der Waals surface area contributed by atoms with Gasteiger partial charge >= 0.3 is 0 Å². The molecule has 2 aromatic carbocycles. The first kappa shape index (κ1) is 24.4. The molecule has 0 N–H and O–H groups in total. The van der Waals surface area contributed by atoms with Gasteiger partial charge in [-0.1, -0.05) is 91.8 Å². The van der Waals surface area contributed by atoms with Crippen molar-refractivity contribution in [3.05, 3.63) is 76.9 Å². The largest absolute Gasteiger partial charge is 0.818 e. The van der Waals surface area contributed by atoms with Crippen molar-refractivity contribution in [1.29, 1.82) is 0 Å².